The zero-order valence-corrected chi connectivity index (χ0v) is 16.9. The van der Waals surface area contributed by atoms with Gasteiger partial charge < -0.3 is 10.1 Å². The molecular formula is C22H20FN3O2S. The van der Waals surface area contributed by atoms with Crippen LogP contribution in [-0.2, 0) is 6.54 Å². The molecular weight excluding hydrogens is 389 g/mol. The van der Waals surface area contributed by atoms with Crippen molar-refractivity contribution in [3.05, 3.63) is 76.5 Å². The molecule has 0 unspecified atom stereocenters. The molecule has 1 amide bonds. The number of rotatable bonds is 6. The molecule has 2 aromatic heterocycles. The van der Waals surface area contributed by atoms with Crippen LogP contribution in [0.4, 0.5) is 10.1 Å². The van der Waals surface area contributed by atoms with Crippen molar-refractivity contribution in [2.24, 2.45) is 0 Å². The summed E-state index contributed by atoms with van der Waals surface area (Å²) in [6.45, 7) is 4.97. The minimum absolute atomic E-state index is 0.164. The molecule has 0 saturated carbocycles. The average molecular weight is 409 g/mol. The largest absolute Gasteiger partial charge is 0.494 e. The monoisotopic (exact) mass is 409 g/mol. The summed E-state index contributed by atoms with van der Waals surface area (Å²) >= 11 is 1.40. The number of benzene rings is 2. The molecule has 4 aromatic rings. The van der Waals surface area contributed by atoms with E-state index in [0.717, 1.165) is 27.2 Å². The van der Waals surface area contributed by atoms with Gasteiger partial charge in [-0.1, -0.05) is 12.1 Å². The summed E-state index contributed by atoms with van der Waals surface area (Å²) < 4.78 is 20.4. The fourth-order valence-corrected chi connectivity index (χ4v) is 4.14. The molecule has 29 heavy (non-hydrogen) atoms. The van der Waals surface area contributed by atoms with Crippen molar-refractivity contribution in [2.75, 3.05) is 11.9 Å². The van der Waals surface area contributed by atoms with Gasteiger partial charge in [0.1, 0.15) is 16.4 Å². The summed E-state index contributed by atoms with van der Waals surface area (Å²) in [5.74, 6) is 0.340. The minimum atomic E-state index is -0.264. The van der Waals surface area contributed by atoms with Gasteiger partial charge >= 0.3 is 0 Å². The number of anilines is 1. The molecule has 4 rings (SSSR count). The molecule has 148 valence electrons. The maximum atomic E-state index is 13.1. The minimum Gasteiger partial charge on any atom is -0.494 e. The van der Waals surface area contributed by atoms with Gasteiger partial charge in [0.25, 0.3) is 5.91 Å². The molecule has 2 aromatic carbocycles. The van der Waals surface area contributed by atoms with Gasteiger partial charge in [-0.15, -0.1) is 11.3 Å². The third-order valence-corrected chi connectivity index (χ3v) is 5.65. The zero-order chi connectivity index (χ0) is 20.4. The molecule has 7 heteroatoms. The van der Waals surface area contributed by atoms with Crippen molar-refractivity contribution in [1.29, 1.82) is 0 Å². The first-order chi connectivity index (χ1) is 14.0. The second-order valence-electron chi connectivity index (χ2n) is 6.61. The normalized spacial score (nSPS) is 11.0. The molecule has 0 atom stereocenters. The highest BCUT2D eigenvalue weighted by Gasteiger charge is 2.17. The van der Waals surface area contributed by atoms with Crippen LogP contribution >= 0.6 is 11.3 Å². The van der Waals surface area contributed by atoms with Crippen molar-refractivity contribution in [3.8, 4) is 5.75 Å². The van der Waals surface area contributed by atoms with Crippen molar-refractivity contribution >= 4 is 33.1 Å². The smallest absolute Gasteiger partial charge is 0.265 e. The van der Waals surface area contributed by atoms with Crippen LogP contribution in [0.1, 0.15) is 27.9 Å². The number of carbonyl (C=O) groups excluding carboxylic acids is 1. The van der Waals surface area contributed by atoms with Crippen molar-refractivity contribution in [1.82, 2.24) is 9.78 Å². The quantitative estimate of drug-likeness (QED) is 0.474. The van der Waals surface area contributed by atoms with E-state index in [2.05, 4.69) is 10.4 Å². The molecule has 0 aliphatic rings. The van der Waals surface area contributed by atoms with E-state index >= 15 is 0 Å². The molecule has 0 radical (unpaired) electrons. The van der Waals surface area contributed by atoms with E-state index in [1.54, 1.807) is 12.1 Å². The lowest BCUT2D eigenvalue weighted by atomic mass is 10.2. The van der Waals surface area contributed by atoms with Crippen LogP contribution in [0.15, 0.2) is 54.6 Å². The SMILES string of the molecule is CCOc1ccc(NC(=O)c2cc3c(C)nn(Cc4ccc(F)cc4)c3s2)cc1. The summed E-state index contributed by atoms with van der Waals surface area (Å²) in [4.78, 5) is 14.2. The standard InChI is InChI=1S/C22H20FN3O2S/c1-3-28-18-10-8-17(9-11-18)24-21(27)20-12-19-14(2)25-26(22(19)29-20)13-15-4-6-16(23)7-5-15/h4-12H,3,13H2,1-2H3,(H,24,27). The number of nitrogens with one attached hydrogen (secondary N) is 1. The highest BCUT2D eigenvalue weighted by atomic mass is 32.1. The number of hydrogen-bond donors (Lipinski definition) is 1. The Kier molecular flexibility index (Phi) is 5.31. The molecule has 0 bridgehead atoms. The second-order valence-corrected chi connectivity index (χ2v) is 7.64. The fourth-order valence-electron chi connectivity index (χ4n) is 3.09. The Morgan fingerprint density at radius 2 is 1.90 bits per heavy atom. The van der Waals surface area contributed by atoms with Crippen LogP contribution in [-0.4, -0.2) is 22.3 Å². The Morgan fingerprint density at radius 1 is 1.17 bits per heavy atom. The lowest BCUT2D eigenvalue weighted by Crippen LogP contribution is -2.10. The molecule has 0 aliphatic heterocycles. The second kappa shape index (κ2) is 8.05. The Labute approximate surface area is 171 Å². The Bertz CT molecular complexity index is 1150. The highest BCUT2D eigenvalue weighted by molar-refractivity contribution is 7.20. The van der Waals surface area contributed by atoms with Gasteiger partial charge in [0, 0.05) is 11.1 Å². The van der Waals surface area contributed by atoms with E-state index in [4.69, 9.17) is 4.74 Å². The topological polar surface area (TPSA) is 56.1 Å². The summed E-state index contributed by atoms with van der Waals surface area (Å²) in [5.41, 5.74) is 2.52. The first-order valence-electron chi connectivity index (χ1n) is 9.29. The van der Waals surface area contributed by atoms with Crippen LogP contribution in [0, 0.1) is 12.7 Å². The van der Waals surface area contributed by atoms with E-state index in [9.17, 15) is 9.18 Å². The molecule has 5 nitrogen and oxygen atoms in total. The van der Waals surface area contributed by atoms with Crippen LogP contribution in [0.3, 0.4) is 0 Å². The molecule has 0 fully saturated rings. The lowest BCUT2D eigenvalue weighted by Gasteiger charge is -2.06. The lowest BCUT2D eigenvalue weighted by molar-refractivity contribution is 0.103. The summed E-state index contributed by atoms with van der Waals surface area (Å²) in [7, 11) is 0. The van der Waals surface area contributed by atoms with Gasteiger partial charge in [-0.25, -0.2) is 4.39 Å². The average Bonchev–Trinajstić information content (AvgIpc) is 3.27. The van der Waals surface area contributed by atoms with Crippen molar-refractivity contribution in [3.63, 3.8) is 0 Å². The number of ether oxygens (including phenoxy) is 1. The summed E-state index contributed by atoms with van der Waals surface area (Å²) in [6.07, 6.45) is 0. The third kappa shape index (κ3) is 4.14. The maximum absolute atomic E-state index is 13.1. The Balaban J connectivity index is 1.55. The zero-order valence-electron chi connectivity index (χ0n) is 16.1. The molecule has 2 heterocycles. The Morgan fingerprint density at radius 3 is 2.59 bits per heavy atom. The van der Waals surface area contributed by atoms with Crippen molar-refractivity contribution in [2.45, 2.75) is 20.4 Å². The van der Waals surface area contributed by atoms with Gasteiger partial charge in [-0.2, -0.15) is 5.10 Å². The predicted molar refractivity (Wildman–Crippen MR) is 113 cm³/mol. The number of amides is 1. The number of nitrogens with zero attached hydrogens (tertiary/aromatic N) is 2. The molecule has 0 aliphatic carbocycles. The maximum Gasteiger partial charge on any atom is 0.265 e. The van der Waals surface area contributed by atoms with E-state index in [0.29, 0.717) is 23.7 Å². The van der Waals surface area contributed by atoms with Gasteiger partial charge in [0.05, 0.1) is 23.7 Å². The number of aromatic nitrogens is 2. The molecule has 0 spiro atoms. The number of halogens is 1. The fraction of sp³-hybridized carbons (Fsp3) is 0.182. The number of fused-ring (bicyclic) bond motifs is 1. The highest BCUT2D eigenvalue weighted by Crippen LogP contribution is 2.29. The van der Waals surface area contributed by atoms with Crippen molar-refractivity contribution < 1.29 is 13.9 Å². The van der Waals surface area contributed by atoms with Gasteiger partial charge in [0.2, 0.25) is 0 Å². The van der Waals surface area contributed by atoms with E-state index in [1.807, 2.05) is 48.9 Å². The van der Waals surface area contributed by atoms with Crippen LogP contribution in [0.5, 0.6) is 5.75 Å². The number of hydrogen-bond acceptors (Lipinski definition) is 4. The first kappa shape index (κ1) is 19.1. The number of aryl methyl sites for hydroxylation is 1. The number of carbonyl (C=O) groups is 1. The van der Waals surface area contributed by atoms with Crippen LogP contribution in [0.2, 0.25) is 0 Å². The van der Waals surface area contributed by atoms with Gasteiger partial charge in [-0.3, -0.25) is 9.48 Å². The van der Waals surface area contributed by atoms with Gasteiger partial charge in [0.15, 0.2) is 0 Å². The summed E-state index contributed by atoms with van der Waals surface area (Å²) in [5, 5.41) is 8.44. The summed E-state index contributed by atoms with van der Waals surface area (Å²) in [6, 6.07) is 15.5. The van der Waals surface area contributed by atoms with E-state index in [-0.39, 0.29) is 11.7 Å². The molecule has 0 saturated heterocycles. The van der Waals surface area contributed by atoms with Gasteiger partial charge in [-0.05, 0) is 61.9 Å². The van der Waals surface area contributed by atoms with Crippen LogP contribution in [0.25, 0.3) is 10.2 Å². The first-order valence-corrected chi connectivity index (χ1v) is 10.1. The third-order valence-electron chi connectivity index (χ3n) is 4.50. The molecule has 1 N–H and O–H groups in total. The van der Waals surface area contributed by atoms with Crippen LogP contribution < -0.4 is 10.1 Å². The Hall–Kier alpha value is -3.19. The van der Waals surface area contributed by atoms with E-state index in [1.165, 1.54) is 23.5 Å². The number of thiophene rings is 1. The van der Waals surface area contributed by atoms with E-state index < -0.39 is 0 Å². The predicted octanol–water partition coefficient (Wildman–Crippen LogP) is 5.24.